The number of piperidine rings is 1. The highest BCUT2D eigenvalue weighted by Gasteiger charge is 2.29. The number of aromatic nitrogens is 1. The maximum atomic E-state index is 12.3. The maximum absolute atomic E-state index is 12.3. The van der Waals surface area contributed by atoms with Crippen LogP contribution in [0.25, 0.3) is 0 Å². The van der Waals surface area contributed by atoms with Crippen LogP contribution in [0.15, 0.2) is 12.3 Å². The van der Waals surface area contributed by atoms with Crippen LogP contribution in [0.5, 0.6) is 0 Å². The van der Waals surface area contributed by atoms with Crippen molar-refractivity contribution in [3.63, 3.8) is 0 Å². The Hall–Kier alpha value is -0.800. The number of nitrogens with two attached hydrogens (primary N) is 1. The molecule has 0 radical (unpaired) electrons. The quantitative estimate of drug-likeness (QED) is 0.627. The summed E-state index contributed by atoms with van der Waals surface area (Å²) >= 11 is 2.16. The van der Waals surface area contributed by atoms with E-state index >= 15 is 0 Å². The van der Waals surface area contributed by atoms with E-state index in [4.69, 9.17) is 5.73 Å². The summed E-state index contributed by atoms with van der Waals surface area (Å²) in [5, 5.41) is 2.79. The van der Waals surface area contributed by atoms with E-state index in [2.05, 4.69) is 32.9 Å². The Labute approximate surface area is 143 Å². The lowest BCUT2D eigenvalue weighted by Gasteiger charge is -2.31. The van der Waals surface area contributed by atoms with Crippen molar-refractivity contribution in [2.45, 2.75) is 12.8 Å². The highest BCUT2D eigenvalue weighted by molar-refractivity contribution is 14.1. The predicted octanol–water partition coefficient (Wildman–Crippen LogP) is 0.968. The fourth-order valence-corrected chi connectivity index (χ4v) is 2.84. The van der Waals surface area contributed by atoms with Crippen LogP contribution in [0.4, 0.5) is 0 Å². The summed E-state index contributed by atoms with van der Waals surface area (Å²) in [7, 11) is 0. The monoisotopic (exact) mass is 426 g/mol. The van der Waals surface area contributed by atoms with Gasteiger partial charge in [-0.2, -0.15) is 0 Å². The first-order chi connectivity index (χ1) is 9.61. The van der Waals surface area contributed by atoms with Crippen LogP contribution in [0, 0.1) is 9.49 Å². The molecular weight excluding hydrogens is 407 g/mol. The van der Waals surface area contributed by atoms with Gasteiger partial charge in [-0.1, -0.05) is 0 Å². The summed E-state index contributed by atoms with van der Waals surface area (Å²) < 4.78 is 1.00. The lowest BCUT2D eigenvalue weighted by molar-refractivity contribution is -0.126. The second-order valence-electron chi connectivity index (χ2n) is 4.90. The van der Waals surface area contributed by atoms with Crippen LogP contribution in [0.1, 0.15) is 23.3 Å². The molecule has 1 aliphatic rings. The number of nitrogens with zero attached hydrogens (tertiary/aromatic N) is 1. The molecule has 1 aromatic rings. The third-order valence-electron chi connectivity index (χ3n) is 3.40. The number of carbonyl (C=O) groups excluding carboxylic acids is 2. The van der Waals surface area contributed by atoms with Crippen molar-refractivity contribution in [1.29, 1.82) is 0 Å². The first-order valence-electron chi connectivity index (χ1n) is 6.72. The summed E-state index contributed by atoms with van der Waals surface area (Å²) in [6.07, 6.45) is 3.47. The SMILES string of the molecule is Cl.NCCNC(=O)C1CCCN(C(=O)c2cc(I)c[nH]2)C1. The molecule has 1 atom stereocenters. The van der Waals surface area contributed by atoms with Gasteiger partial charge in [-0.3, -0.25) is 9.59 Å². The Morgan fingerprint density at radius 1 is 1.52 bits per heavy atom. The van der Waals surface area contributed by atoms with Crippen LogP contribution >= 0.6 is 35.0 Å². The minimum absolute atomic E-state index is 0. The number of H-pyrrole nitrogens is 1. The molecule has 0 aliphatic carbocycles. The second-order valence-corrected chi connectivity index (χ2v) is 6.15. The number of rotatable bonds is 4. The summed E-state index contributed by atoms with van der Waals surface area (Å²) in [5.41, 5.74) is 5.96. The molecule has 0 saturated carbocycles. The van der Waals surface area contributed by atoms with Gasteiger partial charge in [0, 0.05) is 35.9 Å². The van der Waals surface area contributed by atoms with Gasteiger partial charge in [0.1, 0.15) is 5.69 Å². The Kier molecular flexibility index (Phi) is 7.47. The average molecular weight is 427 g/mol. The van der Waals surface area contributed by atoms with Crippen LogP contribution in [-0.4, -0.2) is 47.9 Å². The van der Waals surface area contributed by atoms with E-state index in [0.29, 0.717) is 31.9 Å². The van der Waals surface area contributed by atoms with Gasteiger partial charge in [-0.05, 0) is 41.5 Å². The van der Waals surface area contributed by atoms with Crippen molar-refractivity contribution in [2.75, 3.05) is 26.2 Å². The lowest BCUT2D eigenvalue weighted by atomic mass is 9.97. The van der Waals surface area contributed by atoms with Gasteiger partial charge in [0.05, 0.1) is 5.92 Å². The number of carbonyl (C=O) groups is 2. The number of nitrogens with one attached hydrogen (secondary N) is 2. The van der Waals surface area contributed by atoms with Gasteiger partial charge in [0.2, 0.25) is 5.91 Å². The molecule has 2 amide bonds. The third-order valence-corrected chi connectivity index (χ3v) is 4.02. The van der Waals surface area contributed by atoms with Crippen LogP contribution in [0.3, 0.4) is 0 Å². The smallest absolute Gasteiger partial charge is 0.270 e. The molecule has 0 aromatic carbocycles. The first-order valence-corrected chi connectivity index (χ1v) is 7.80. The minimum atomic E-state index is -0.131. The molecule has 2 rings (SSSR count). The molecule has 1 fully saturated rings. The Morgan fingerprint density at radius 2 is 2.29 bits per heavy atom. The van der Waals surface area contributed by atoms with Crippen molar-refractivity contribution in [1.82, 2.24) is 15.2 Å². The van der Waals surface area contributed by atoms with E-state index in [1.807, 2.05) is 6.07 Å². The standard InChI is InChI=1S/C13H19IN4O2.ClH/c14-10-6-11(17-7-10)13(20)18-5-1-2-9(8-18)12(19)16-4-3-15;/h6-7,9,17H,1-5,8,15H2,(H,16,19);1H. The van der Waals surface area contributed by atoms with E-state index < -0.39 is 0 Å². The molecule has 1 saturated heterocycles. The first kappa shape index (κ1) is 18.2. The van der Waals surface area contributed by atoms with E-state index in [1.165, 1.54) is 0 Å². The van der Waals surface area contributed by atoms with Gasteiger partial charge in [0.15, 0.2) is 0 Å². The van der Waals surface area contributed by atoms with Crippen molar-refractivity contribution >= 4 is 46.8 Å². The van der Waals surface area contributed by atoms with Crippen molar-refractivity contribution < 1.29 is 9.59 Å². The molecule has 8 heteroatoms. The molecule has 1 aliphatic heterocycles. The largest absolute Gasteiger partial charge is 0.356 e. The highest BCUT2D eigenvalue weighted by atomic mass is 127. The molecule has 2 heterocycles. The zero-order chi connectivity index (χ0) is 14.5. The number of likely N-dealkylation sites (tertiary alicyclic amines) is 1. The van der Waals surface area contributed by atoms with E-state index in [9.17, 15) is 9.59 Å². The summed E-state index contributed by atoms with van der Waals surface area (Å²) in [5.74, 6) is -0.174. The molecular formula is C13H20ClIN4O2. The lowest BCUT2D eigenvalue weighted by Crippen LogP contribution is -2.46. The van der Waals surface area contributed by atoms with E-state index in [0.717, 1.165) is 16.4 Å². The molecule has 6 nitrogen and oxygen atoms in total. The molecule has 118 valence electrons. The fourth-order valence-electron chi connectivity index (χ4n) is 2.38. The van der Waals surface area contributed by atoms with Crippen LogP contribution < -0.4 is 11.1 Å². The molecule has 21 heavy (non-hydrogen) atoms. The molecule has 4 N–H and O–H groups in total. The normalized spacial score (nSPS) is 18.0. The van der Waals surface area contributed by atoms with Gasteiger partial charge in [-0.15, -0.1) is 12.4 Å². The molecule has 1 unspecified atom stereocenters. The number of hydrogen-bond donors (Lipinski definition) is 3. The Balaban J connectivity index is 0.00000220. The molecule has 0 bridgehead atoms. The number of hydrogen-bond acceptors (Lipinski definition) is 3. The Bertz CT molecular complexity index is 494. The fraction of sp³-hybridized carbons (Fsp3) is 0.538. The van der Waals surface area contributed by atoms with Crippen molar-refractivity contribution in [2.24, 2.45) is 11.7 Å². The minimum Gasteiger partial charge on any atom is -0.356 e. The number of aromatic amines is 1. The zero-order valence-corrected chi connectivity index (χ0v) is 14.6. The topological polar surface area (TPSA) is 91.2 Å². The van der Waals surface area contributed by atoms with E-state index in [1.54, 1.807) is 11.1 Å². The molecule has 1 aromatic heterocycles. The maximum Gasteiger partial charge on any atom is 0.270 e. The summed E-state index contributed by atoms with van der Waals surface area (Å²) in [4.78, 5) is 29.0. The van der Waals surface area contributed by atoms with Gasteiger partial charge in [-0.25, -0.2) is 0 Å². The van der Waals surface area contributed by atoms with Crippen molar-refractivity contribution in [3.8, 4) is 0 Å². The van der Waals surface area contributed by atoms with Crippen LogP contribution in [0.2, 0.25) is 0 Å². The molecule has 0 spiro atoms. The van der Waals surface area contributed by atoms with E-state index in [-0.39, 0.29) is 30.1 Å². The van der Waals surface area contributed by atoms with Gasteiger partial charge in [0.25, 0.3) is 5.91 Å². The van der Waals surface area contributed by atoms with Gasteiger partial charge < -0.3 is 20.9 Å². The zero-order valence-electron chi connectivity index (χ0n) is 11.6. The van der Waals surface area contributed by atoms with Gasteiger partial charge >= 0.3 is 0 Å². The van der Waals surface area contributed by atoms with Crippen molar-refractivity contribution in [3.05, 3.63) is 21.5 Å². The summed E-state index contributed by atoms with van der Waals surface area (Å²) in [6, 6.07) is 1.82. The Morgan fingerprint density at radius 3 is 2.90 bits per heavy atom. The average Bonchev–Trinajstić information content (AvgIpc) is 2.90. The predicted molar refractivity (Wildman–Crippen MR) is 91.4 cm³/mol. The highest BCUT2D eigenvalue weighted by Crippen LogP contribution is 2.19. The van der Waals surface area contributed by atoms with Crippen LogP contribution in [-0.2, 0) is 4.79 Å². The third kappa shape index (κ3) is 4.86. The number of amides is 2. The number of halogens is 2. The second kappa shape index (κ2) is 8.60. The summed E-state index contributed by atoms with van der Waals surface area (Å²) in [6.45, 7) is 2.10.